The molecule has 0 bridgehead atoms. The Bertz CT molecular complexity index is 1110. The smallest absolute Gasteiger partial charge is 0.191 e. The summed E-state index contributed by atoms with van der Waals surface area (Å²) in [6, 6.07) is 0. The van der Waals surface area contributed by atoms with Gasteiger partial charge in [-0.05, 0) is 114 Å². The Morgan fingerprint density at radius 1 is 1.02 bits per heavy atom. The third-order valence-corrected chi connectivity index (χ3v) is 17.6. The van der Waals surface area contributed by atoms with Gasteiger partial charge >= 0.3 is 0 Å². The molecule has 0 radical (unpaired) electrons. The molecule has 1 unspecified atom stereocenters. The first-order chi connectivity index (χ1) is 19.6. The second-order valence-electron chi connectivity index (χ2n) is 16.9. The lowest BCUT2D eigenvalue weighted by Crippen LogP contribution is -2.54. The Balaban J connectivity index is 1.64. The summed E-state index contributed by atoms with van der Waals surface area (Å²) in [6.45, 7) is 25.5. The molecule has 0 saturated heterocycles. The van der Waals surface area contributed by atoms with Gasteiger partial charge in [0.05, 0.1) is 11.4 Å². The molecule has 1 heterocycles. The van der Waals surface area contributed by atoms with E-state index in [0.717, 1.165) is 42.9 Å². The van der Waals surface area contributed by atoms with E-state index in [1.54, 1.807) is 0 Å². The molecule has 0 spiro atoms. The highest BCUT2D eigenvalue weighted by atomic mass is 28.4. The summed E-state index contributed by atoms with van der Waals surface area (Å²) in [7, 11) is -1.91. The van der Waals surface area contributed by atoms with Crippen LogP contribution >= 0.6 is 0 Å². The summed E-state index contributed by atoms with van der Waals surface area (Å²) in [6.07, 6.45) is 14.7. The Morgan fingerprint density at radius 3 is 2.33 bits per heavy atom. The van der Waals surface area contributed by atoms with Crippen molar-refractivity contribution in [2.75, 3.05) is 13.2 Å². The van der Waals surface area contributed by atoms with Gasteiger partial charge in [-0.1, -0.05) is 79.8 Å². The van der Waals surface area contributed by atoms with Gasteiger partial charge in [-0.2, -0.15) is 0 Å². The number of aromatic nitrogens is 2. The largest absolute Gasteiger partial charge is 0.417 e. The van der Waals surface area contributed by atoms with Gasteiger partial charge in [0, 0.05) is 30.5 Å². The number of hydrogen-bond acceptors (Lipinski definition) is 4. The molecule has 4 rings (SSSR count). The number of nitrogens with zero attached hydrogens (tertiary/aromatic N) is 5. The minimum Gasteiger partial charge on any atom is -0.417 e. The van der Waals surface area contributed by atoms with E-state index in [-0.39, 0.29) is 10.5 Å². The first-order valence-corrected chi connectivity index (χ1v) is 20.0. The Labute approximate surface area is 258 Å². The number of fused-ring (bicyclic) bond motifs is 2. The molecule has 8 atom stereocenters. The fourth-order valence-corrected chi connectivity index (χ4v) is 10.5. The average molecular weight is 596 g/mol. The van der Waals surface area contributed by atoms with E-state index in [0.29, 0.717) is 35.6 Å². The molecule has 3 aliphatic carbocycles. The van der Waals surface area contributed by atoms with Gasteiger partial charge in [0.15, 0.2) is 8.32 Å². The van der Waals surface area contributed by atoms with Gasteiger partial charge in [0.1, 0.15) is 0 Å². The van der Waals surface area contributed by atoms with Crippen molar-refractivity contribution in [3.8, 4) is 0 Å². The summed E-state index contributed by atoms with van der Waals surface area (Å²) in [5.41, 5.74) is 12.2. The van der Waals surface area contributed by atoms with Gasteiger partial charge in [0.2, 0.25) is 0 Å². The Hall–Kier alpha value is -1.43. The molecule has 42 heavy (non-hydrogen) atoms. The maximum absolute atomic E-state index is 9.50. The van der Waals surface area contributed by atoms with E-state index < -0.39 is 8.32 Å². The molecule has 236 valence electrons. The van der Waals surface area contributed by atoms with Crippen LogP contribution < -0.4 is 0 Å². The normalized spacial score (nSPS) is 34.0. The van der Waals surface area contributed by atoms with Crippen molar-refractivity contribution < 1.29 is 4.43 Å². The predicted octanol–water partition coefficient (Wildman–Crippen LogP) is 10.1. The molecular formula is C35H61N5OSi. The van der Waals surface area contributed by atoms with E-state index in [1.807, 2.05) is 12.4 Å². The van der Waals surface area contributed by atoms with Gasteiger partial charge in [-0.15, -0.1) is 0 Å². The van der Waals surface area contributed by atoms with Gasteiger partial charge in [-0.3, -0.25) is 9.97 Å². The van der Waals surface area contributed by atoms with Crippen LogP contribution in [0.2, 0.25) is 18.1 Å². The standard InChI is InChI=1S/C35H61N5OSi/c1-24(2)12-11-13-25(3)28-14-15-29-27(22-39-40-36)30(16-17-34(28,29)7)35(8)21-32-31(37-18-19-38-32)20-26(35)23-41-42(9,10)33(4,5)6/h18-19,24-30H,11-17,20-23H2,1-10H3/t25?,26-,27+,28-,29+,30+,34-,35+/m1/s1. The summed E-state index contributed by atoms with van der Waals surface area (Å²) < 4.78 is 6.97. The molecule has 2 saturated carbocycles. The second-order valence-corrected chi connectivity index (χ2v) is 21.7. The maximum atomic E-state index is 9.50. The Morgan fingerprint density at radius 2 is 1.69 bits per heavy atom. The van der Waals surface area contributed by atoms with Crippen LogP contribution in [0.3, 0.4) is 0 Å². The zero-order valence-corrected chi connectivity index (χ0v) is 29.6. The van der Waals surface area contributed by atoms with E-state index >= 15 is 0 Å². The third-order valence-electron chi connectivity index (χ3n) is 13.1. The van der Waals surface area contributed by atoms with Gasteiger partial charge in [0.25, 0.3) is 0 Å². The zero-order chi connectivity index (χ0) is 30.9. The van der Waals surface area contributed by atoms with E-state index in [2.05, 4.69) is 78.5 Å². The zero-order valence-electron chi connectivity index (χ0n) is 28.6. The molecule has 7 heteroatoms. The summed E-state index contributed by atoms with van der Waals surface area (Å²) in [5, 5.41) is 4.49. The highest BCUT2D eigenvalue weighted by Gasteiger charge is 2.59. The minimum atomic E-state index is -1.91. The van der Waals surface area contributed by atoms with Crippen molar-refractivity contribution in [3.63, 3.8) is 0 Å². The van der Waals surface area contributed by atoms with Crippen LogP contribution in [-0.4, -0.2) is 31.4 Å². The fourth-order valence-electron chi connectivity index (χ4n) is 9.41. The Kier molecular flexibility index (Phi) is 10.3. The molecule has 6 nitrogen and oxygen atoms in total. The number of hydrogen-bond donors (Lipinski definition) is 0. The van der Waals surface area contributed by atoms with Crippen molar-refractivity contribution >= 4 is 8.32 Å². The first-order valence-electron chi connectivity index (χ1n) is 17.1. The predicted molar refractivity (Wildman–Crippen MR) is 177 cm³/mol. The van der Waals surface area contributed by atoms with E-state index in [4.69, 9.17) is 14.4 Å². The SMILES string of the molecule is CC(C)CCCC(C)[C@H]1CC[C@H]2[C@H](CN=[N+]=[N-])[C@@H]([C@@]3(C)Cc4nccnc4C[C@@H]3CO[Si](C)(C)C(C)(C)C)CC[C@]12C. The molecule has 0 aromatic carbocycles. The minimum absolute atomic E-state index is 0.0311. The molecule has 0 aliphatic heterocycles. The highest BCUT2D eigenvalue weighted by molar-refractivity contribution is 6.74. The summed E-state index contributed by atoms with van der Waals surface area (Å²) in [4.78, 5) is 13.0. The molecule has 1 aromatic rings. The number of rotatable bonds is 11. The van der Waals surface area contributed by atoms with E-state index in [1.165, 1.54) is 50.6 Å². The van der Waals surface area contributed by atoms with Crippen molar-refractivity contribution in [1.82, 2.24) is 9.97 Å². The van der Waals surface area contributed by atoms with Gasteiger partial charge < -0.3 is 4.43 Å². The molecule has 1 aromatic heterocycles. The van der Waals surface area contributed by atoms with Crippen LogP contribution in [0.25, 0.3) is 10.4 Å². The van der Waals surface area contributed by atoms with E-state index in [9.17, 15) is 5.53 Å². The quantitative estimate of drug-likeness (QED) is 0.110. The molecule has 2 fully saturated rings. The van der Waals surface area contributed by atoms with Gasteiger partial charge in [-0.25, -0.2) is 0 Å². The lowest BCUT2D eigenvalue weighted by Gasteiger charge is -2.57. The van der Waals surface area contributed by atoms with Crippen molar-refractivity contribution in [2.24, 2.45) is 57.4 Å². The molecular weight excluding hydrogens is 535 g/mol. The lowest BCUT2D eigenvalue weighted by molar-refractivity contribution is -0.0757. The van der Waals surface area contributed by atoms with Crippen LogP contribution in [0.4, 0.5) is 0 Å². The average Bonchev–Trinajstić information content (AvgIpc) is 3.26. The summed E-state index contributed by atoms with van der Waals surface area (Å²) >= 11 is 0. The number of azide groups is 1. The maximum Gasteiger partial charge on any atom is 0.191 e. The van der Waals surface area contributed by atoms with Crippen molar-refractivity contribution in [3.05, 3.63) is 34.2 Å². The lowest BCUT2D eigenvalue weighted by atomic mass is 9.48. The monoisotopic (exact) mass is 595 g/mol. The van der Waals surface area contributed by atoms with Crippen LogP contribution in [0.15, 0.2) is 17.5 Å². The van der Waals surface area contributed by atoms with Crippen molar-refractivity contribution in [1.29, 1.82) is 0 Å². The first kappa shape index (κ1) is 33.5. The summed E-state index contributed by atoms with van der Waals surface area (Å²) in [5.74, 6) is 4.20. The van der Waals surface area contributed by atoms with Crippen molar-refractivity contribution in [2.45, 2.75) is 131 Å². The molecule has 0 N–H and O–H groups in total. The second kappa shape index (κ2) is 12.9. The van der Waals surface area contributed by atoms with Crippen LogP contribution in [0.1, 0.15) is 112 Å². The van der Waals surface area contributed by atoms with Crippen LogP contribution in [-0.2, 0) is 17.3 Å². The van der Waals surface area contributed by atoms with Crippen LogP contribution in [0, 0.1) is 52.3 Å². The van der Waals surface area contributed by atoms with Crippen LogP contribution in [0.5, 0.6) is 0 Å². The fraction of sp³-hybridized carbons (Fsp3) is 0.886. The topological polar surface area (TPSA) is 83.8 Å². The highest BCUT2D eigenvalue weighted by Crippen LogP contribution is 2.65. The molecule has 0 amide bonds. The molecule has 3 aliphatic rings. The third kappa shape index (κ3) is 6.64.